The van der Waals surface area contributed by atoms with Crippen LogP contribution in [0, 0.1) is 0 Å². The number of anilines is 2. The van der Waals surface area contributed by atoms with Crippen molar-refractivity contribution in [1.82, 2.24) is 4.90 Å². The van der Waals surface area contributed by atoms with Gasteiger partial charge in [-0.25, -0.2) is 4.79 Å². The van der Waals surface area contributed by atoms with Gasteiger partial charge in [-0.1, -0.05) is 18.6 Å². The molecule has 1 N–H and O–H groups in total. The summed E-state index contributed by atoms with van der Waals surface area (Å²) >= 11 is 0. The molecule has 1 fully saturated rings. The predicted molar refractivity (Wildman–Crippen MR) is 123 cm³/mol. The lowest BCUT2D eigenvalue weighted by atomic mass is 10.1. The van der Waals surface area contributed by atoms with Crippen LogP contribution in [0.25, 0.3) is 0 Å². The summed E-state index contributed by atoms with van der Waals surface area (Å²) in [7, 11) is 0. The van der Waals surface area contributed by atoms with Gasteiger partial charge in [0.2, 0.25) is 5.91 Å². The molecule has 7 heteroatoms. The highest BCUT2D eigenvalue weighted by Gasteiger charge is 2.22. The molecule has 2 aromatic rings. The van der Waals surface area contributed by atoms with Gasteiger partial charge < -0.3 is 15.0 Å². The van der Waals surface area contributed by atoms with Crippen molar-refractivity contribution in [2.45, 2.75) is 39.2 Å². The SMILES string of the molecule is CC(=O)N1CCc2cc(NC(=O)COC(=O)c3ccc(CN4CCCCC4)cc3)ccc21. The van der Waals surface area contributed by atoms with E-state index in [2.05, 4.69) is 10.2 Å². The molecule has 0 saturated carbocycles. The number of nitrogens with one attached hydrogen (secondary N) is 1. The first-order valence-electron chi connectivity index (χ1n) is 11.2. The molecule has 168 valence electrons. The number of nitrogens with zero attached hydrogens (tertiary/aromatic N) is 2. The number of ether oxygens (including phenoxy) is 1. The zero-order valence-corrected chi connectivity index (χ0v) is 18.4. The summed E-state index contributed by atoms with van der Waals surface area (Å²) in [6.07, 6.45) is 4.55. The minimum Gasteiger partial charge on any atom is -0.452 e. The third kappa shape index (κ3) is 5.34. The molecule has 0 radical (unpaired) electrons. The normalized spacial score (nSPS) is 15.8. The van der Waals surface area contributed by atoms with E-state index in [-0.39, 0.29) is 12.5 Å². The van der Waals surface area contributed by atoms with Gasteiger partial charge in [-0.15, -0.1) is 0 Å². The van der Waals surface area contributed by atoms with Gasteiger partial charge >= 0.3 is 5.97 Å². The van der Waals surface area contributed by atoms with E-state index in [9.17, 15) is 14.4 Å². The van der Waals surface area contributed by atoms with Gasteiger partial charge in [0.05, 0.1) is 5.56 Å². The molecule has 2 amide bonds. The van der Waals surface area contributed by atoms with Gasteiger partial charge in [-0.3, -0.25) is 14.5 Å². The molecule has 2 aromatic carbocycles. The summed E-state index contributed by atoms with van der Waals surface area (Å²) in [5.74, 6) is -0.913. The van der Waals surface area contributed by atoms with E-state index in [1.165, 1.54) is 24.8 Å². The Kier molecular flexibility index (Phi) is 6.85. The molecule has 0 atom stereocenters. The molecule has 0 aliphatic carbocycles. The molecule has 2 aliphatic heterocycles. The Morgan fingerprint density at radius 3 is 2.44 bits per heavy atom. The zero-order chi connectivity index (χ0) is 22.5. The van der Waals surface area contributed by atoms with E-state index in [0.29, 0.717) is 17.8 Å². The third-order valence-electron chi connectivity index (χ3n) is 6.02. The van der Waals surface area contributed by atoms with Crippen molar-refractivity contribution in [3.8, 4) is 0 Å². The Morgan fingerprint density at radius 1 is 0.969 bits per heavy atom. The van der Waals surface area contributed by atoms with E-state index >= 15 is 0 Å². The maximum atomic E-state index is 12.3. The molecule has 4 rings (SSSR count). The summed E-state index contributed by atoms with van der Waals surface area (Å²) in [4.78, 5) is 40.3. The highest BCUT2D eigenvalue weighted by molar-refractivity contribution is 5.97. The van der Waals surface area contributed by atoms with Gasteiger partial charge in [0, 0.05) is 31.4 Å². The summed E-state index contributed by atoms with van der Waals surface area (Å²) in [5, 5.41) is 2.75. The summed E-state index contributed by atoms with van der Waals surface area (Å²) in [5.41, 5.74) is 4.12. The van der Waals surface area contributed by atoms with E-state index in [1.54, 1.807) is 30.0 Å². The molecular formula is C25H29N3O4. The van der Waals surface area contributed by atoms with Crippen molar-refractivity contribution >= 4 is 29.2 Å². The summed E-state index contributed by atoms with van der Waals surface area (Å²) in [6.45, 7) is 4.97. The molecule has 1 saturated heterocycles. The third-order valence-corrected chi connectivity index (χ3v) is 6.02. The van der Waals surface area contributed by atoms with Gasteiger partial charge in [0.15, 0.2) is 6.61 Å². The second kappa shape index (κ2) is 9.96. The zero-order valence-electron chi connectivity index (χ0n) is 18.4. The summed E-state index contributed by atoms with van der Waals surface area (Å²) < 4.78 is 5.18. The molecule has 0 aromatic heterocycles. The number of hydrogen-bond donors (Lipinski definition) is 1. The minimum absolute atomic E-state index is 0.00646. The quantitative estimate of drug-likeness (QED) is 0.704. The number of carbonyl (C=O) groups excluding carboxylic acids is 3. The largest absolute Gasteiger partial charge is 0.452 e. The fraction of sp³-hybridized carbons (Fsp3) is 0.400. The molecule has 2 aliphatic rings. The lowest BCUT2D eigenvalue weighted by molar-refractivity contribution is -0.119. The monoisotopic (exact) mass is 435 g/mol. The van der Waals surface area contributed by atoms with Crippen molar-refractivity contribution in [1.29, 1.82) is 0 Å². The highest BCUT2D eigenvalue weighted by Crippen LogP contribution is 2.30. The van der Waals surface area contributed by atoms with E-state index < -0.39 is 11.9 Å². The van der Waals surface area contributed by atoms with Gasteiger partial charge in [-0.05, 0) is 73.8 Å². The maximum absolute atomic E-state index is 12.3. The second-order valence-electron chi connectivity index (χ2n) is 8.42. The average molecular weight is 436 g/mol. The number of likely N-dealkylation sites (tertiary alicyclic amines) is 1. The van der Waals surface area contributed by atoms with Crippen LogP contribution >= 0.6 is 0 Å². The number of amides is 2. The first-order valence-corrected chi connectivity index (χ1v) is 11.2. The first kappa shape index (κ1) is 22.0. The van der Waals surface area contributed by atoms with E-state index in [4.69, 9.17) is 4.74 Å². The van der Waals surface area contributed by atoms with Crippen molar-refractivity contribution in [2.75, 3.05) is 36.5 Å². The highest BCUT2D eigenvalue weighted by atomic mass is 16.5. The minimum atomic E-state index is -0.518. The number of benzene rings is 2. The van der Waals surface area contributed by atoms with Crippen LogP contribution in [-0.2, 0) is 27.3 Å². The van der Waals surface area contributed by atoms with Crippen LogP contribution < -0.4 is 10.2 Å². The fourth-order valence-electron chi connectivity index (χ4n) is 4.34. The van der Waals surface area contributed by atoms with Crippen molar-refractivity contribution in [3.63, 3.8) is 0 Å². The molecule has 0 bridgehead atoms. The number of esters is 1. The maximum Gasteiger partial charge on any atom is 0.338 e. The van der Waals surface area contributed by atoms with E-state index in [0.717, 1.165) is 37.3 Å². The van der Waals surface area contributed by atoms with E-state index in [1.807, 2.05) is 24.3 Å². The van der Waals surface area contributed by atoms with Crippen molar-refractivity contribution in [3.05, 3.63) is 59.2 Å². The number of hydrogen-bond acceptors (Lipinski definition) is 5. The van der Waals surface area contributed by atoms with Crippen LogP contribution in [0.5, 0.6) is 0 Å². The van der Waals surface area contributed by atoms with Crippen LogP contribution in [0.15, 0.2) is 42.5 Å². The Bertz CT molecular complexity index is 997. The molecular weight excluding hydrogens is 406 g/mol. The van der Waals surface area contributed by atoms with Crippen molar-refractivity contribution < 1.29 is 19.1 Å². The fourth-order valence-corrected chi connectivity index (χ4v) is 4.34. The standard InChI is InChI=1S/C25H29N3O4/c1-18(29)28-14-11-21-15-22(9-10-23(21)28)26-24(30)17-32-25(31)20-7-5-19(6-8-20)16-27-12-3-2-4-13-27/h5-10,15H,2-4,11-14,16-17H2,1H3,(H,26,30). The van der Waals surface area contributed by atoms with Crippen molar-refractivity contribution in [2.24, 2.45) is 0 Å². The average Bonchev–Trinajstić information content (AvgIpc) is 3.22. The second-order valence-corrected chi connectivity index (χ2v) is 8.42. The molecule has 0 unspecified atom stereocenters. The van der Waals surface area contributed by atoms with Crippen LogP contribution in [0.1, 0.15) is 47.7 Å². The molecule has 32 heavy (non-hydrogen) atoms. The van der Waals surface area contributed by atoms with Gasteiger partial charge in [0.25, 0.3) is 5.91 Å². The molecule has 7 nitrogen and oxygen atoms in total. The van der Waals surface area contributed by atoms with Gasteiger partial charge in [0.1, 0.15) is 0 Å². The van der Waals surface area contributed by atoms with Crippen LogP contribution in [0.3, 0.4) is 0 Å². The van der Waals surface area contributed by atoms with Crippen LogP contribution in [-0.4, -0.2) is 48.9 Å². The Morgan fingerprint density at radius 2 is 1.72 bits per heavy atom. The molecule has 0 spiro atoms. The summed E-state index contributed by atoms with van der Waals surface area (Å²) in [6, 6.07) is 12.8. The number of carbonyl (C=O) groups is 3. The number of piperidine rings is 1. The first-order chi connectivity index (χ1) is 15.5. The number of rotatable bonds is 6. The lowest BCUT2D eigenvalue weighted by Gasteiger charge is -2.26. The lowest BCUT2D eigenvalue weighted by Crippen LogP contribution is -2.29. The van der Waals surface area contributed by atoms with Crippen LogP contribution in [0.2, 0.25) is 0 Å². The topological polar surface area (TPSA) is 79.0 Å². The Hall–Kier alpha value is -3.19. The van der Waals surface area contributed by atoms with Gasteiger partial charge in [-0.2, -0.15) is 0 Å². The Labute approximate surface area is 188 Å². The predicted octanol–water partition coefficient (Wildman–Crippen LogP) is 3.38. The molecule has 2 heterocycles. The van der Waals surface area contributed by atoms with Crippen LogP contribution in [0.4, 0.5) is 11.4 Å². The smallest absolute Gasteiger partial charge is 0.338 e. The number of fused-ring (bicyclic) bond motifs is 1. The Balaban J connectivity index is 1.26.